The van der Waals surface area contributed by atoms with Crippen LogP contribution in [0.25, 0.3) is 0 Å². The SMILES string of the molecule is COc1ccc(C2(C(=O)N3CCCC(c4ncon4)C3)CCCC2)cc1OC. The van der Waals surface area contributed by atoms with E-state index in [1.807, 2.05) is 23.1 Å². The second-order valence-electron chi connectivity index (χ2n) is 7.74. The third-order valence-corrected chi connectivity index (χ3v) is 6.25. The summed E-state index contributed by atoms with van der Waals surface area (Å²) in [6.07, 6.45) is 7.14. The van der Waals surface area contributed by atoms with Crippen molar-refractivity contribution in [2.45, 2.75) is 49.9 Å². The first-order valence-corrected chi connectivity index (χ1v) is 9.96. The summed E-state index contributed by atoms with van der Waals surface area (Å²) in [5.41, 5.74) is 0.535. The lowest BCUT2D eigenvalue weighted by Gasteiger charge is -2.39. The van der Waals surface area contributed by atoms with Gasteiger partial charge in [-0.25, -0.2) is 0 Å². The number of methoxy groups -OCH3 is 2. The van der Waals surface area contributed by atoms with Crippen LogP contribution in [-0.2, 0) is 10.2 Å². The number of carbonyl (C=O) groups is 1. The molecule has 0 spiro atoms. The molecule has 0 N–H and O–H groups in total. The number of hydrogen-bond acceptors (Lipinski definition) is 6. The number of ether oxygens (including phenoxy) is 2. The Balaban J connectivity index is 1.63. The summed E-state index contributed by atoms with van der Waals surface area (Å²) in [5, 5.41) is 3.99. The summed E-state index contributed by atoms with van der Waals surface area (Å²) in [5.74, 6) is 2.40. The number of nitrogens with zero attached hydrogens (tertiary/aromatic N) is 3. The Morgan fingerprint density at radius 1 is 1.18 bits per heavy atom. The van der Waals surface area contributed by atoms with E-state index < -0.39 is 5.41 Å². The second-order valence-corrected chi connectivity index (χ2v) is 7.74. The molecule has 1 aromatic carbocycles. The van der Waals surface area contributed by atoms with Crippen LogP contribution in [0.1, 0.15) is 55.8 Å². The Bertz CT molecular complexity index is 815. The molecular weight excluding hydrogens is 358 g/mol. The van der Waals surface area contributed by atoms with Crippen molar-refractivity contribution in [3.8, 4) is 11.5 Å². The molecule has 7 nitrogen and oxygen atoms in total. The fraction of sp³-hybridized carbons (Fsp3) is 0.571. The lowest BCUT2D eigenvalue weighted by atomic mass is 9.76. The molecule has 1 unspecified atom stereocenters. The summed E-state index contributed by atoms with van der Waals surface area (Å²) in [6.45, 7) is 1.43. The Hall–Kier alpha value is -2.57. The minimum atomic E-state index is -0.487. The smallest absolute Gasteiger partial charge is 0.233 e. The van der Waals surface area contributed by atoms with Gasteiger partial charge in [0, 0.05) is 19.0 Å². The summed E-state index contributed by atoms with van der Waals surface area (Å²) in [7, 11) is 3.25. The van der Waals surface area contributed by atoms with Gasteiger partial charge in [-0.1, -0.05) is 24.1 Å². The molecule has 1 amide bonds. The van der Waals surface area contributed by atoms with E-state index >= 15 is 0 Å². The van der Waals surface area contributed by atoms with Crippen LogP contribution in [-0.4, -0.2) is 48.3 Å². The zero-order valence-electron chi connectivity index (χ0n) is 16.5. The van der Waals surface area contributed by atoms with Crippen LogP contribution in [0, 0.1) is 0 Å². The Morgan fingerprint density at radius 2 is 1.96 bits per heavy atom. The lowest BCUT2D eigenvalue weighted by molar-refractivity contribution is -0.138. The number of benzene rings is 1. The highest BCUT2D eigenvalue weighted by Crippen LogP contribution is 2.45. The maximum atomic E-state index is 13.8. The molecular formula is C21H27N3O4. The molecule has 0 bridgehead atoms. The molecule has 1 aliphatic carbocycles. The molecule has 4 rings (SSSR count). The van der Waals surface area contributed by atoms with Crippen LogP contribution in [0.5, 0.6) is 11.5 Å². The standard InChI is InChI=1S/C21H27N3O4/c1-26-17-8-7-16(12-18(17)27-2)21(9-3-4-10-21)20(25)24-11-5-6-15(13-24)19-22-14-28-23-19/h7-8,12,14-15H,3-6,9-11,13H2,1-2H3. The molecule has 1 saturated heterocycles. The summed E-state index contributed by atoms with van der Waals surface area (Å²) >= 11 is 0. The predicted molar refractivity (Wildman–Crippen MR) is 103 cm³/mol. The first-order chi connectivity index (χ1) is 13.7. The number of rotatable bonds is 5. The first-order valence-electron chi connectivity index (χ1n) is 9.96. The minimum absolute atomic E-state index is 0.139. The average Bonchev–Trinajstić information content (AvgIpc) is 3.45. The summed E-state index contributed by atoms with van der Waals surface area (Å²) in [4.78, 5) is 20.0. The topological polar surface area (TPSA) is 77.7 Å². The largest absolute Gasteiger partial charge is 0.493 e. The molecule has 2 aliphatic rings. The molecule has 1 aliphatic heterocycles. The van der Waals surface area contributed by atoms with E-state index in [1.165, 1.54) is 6.39 Å². The van der Waals surface area contributed by atoms with Crippen LogP contribution < -0.4 is 9.47 Å². The van der Waals surface area contributed by atoms with Crippen molar-refractivity contribution in [1.29, 1.82) is 0 Å². The predicted octanol–water partition coefficient (Wildman–Crippen LogP) is 3.30. The normalized spacial score (nSPS) is 21.5. The molecule has 2 fully saturated rings. The van der Waals surface area contributed by atoms with E-state index in [-0.39, 0.29) is 11.8 Å². The number of hydrogen-bond donors (Lipinski definition) is 0. The fourth-order valence-corrected chi connectivity index (χ4v) is 4.77. The molecule has 1 aromatic heterocycles. The molecule has 2 heterocycles. The zero-order valence-corrected chi connectivity index (χ0v) is 16.5. The van der Waals surface area contributed by atoms with Gasteiger partial charge in [-0.3, -0.25) is 4.79 Å². The number of likely N-dealkylation sites (tertiary alicyclic amines) is 1. The van der Waals surface area contributed by atoms with E-state index in [2.05, 4.69) is 10.1 Å². The fourth-order valence-electron chi connectivity index (χ4n) is 4.77. The molecule has 150 valence electrons. The summed E-state index contributed by atoms with van der Waals surface area (Å²) < 4.78 is 15.8. The van der Waals surface area contributed by atoms with Crippen LogP contribution in [0.15, 0.2) is 29.1 Å². The zero-order chi connectivity index (χ0) is 19.6. The summed E-state index contributed by atoms with van der Waals surface area (Å²) in [6, 6.07) is 5.90. The Morgan fingerprint density at radius 3 is 2.64 bits per heavy atom. The van der Waals surface area contributed by atoms with Gasteiger partial charge in [0.2, 0.25) is 12.3 Å². The van der Waals surface area contributed by atoms with E-state index in [9.17, 15) is 4.79 Å². The third kappa shape index (κ3) is 3.23. The van der Waals surface area contributed by atoms with Crippen molar-refractivity contribution < 1.29 is 18.8 Å². The van der Waals surface area contributed by atoms with Gasteiger partial charge >= 0.3 is 0 Å². The van der Waals surface area contributed by atoms with Crippen molar-refractivity contribution in [2.24, 2.45) is 0 Å². The van der Waals surface area contributed by atoms with Gasteiger partial charge < -0.3 is 18.9 Å². The number of amides is 1. The highest BCUT2D eigenvalue weighted by molar-refractivity contribution is 5.89. The monoisotopic (exact) mass is 385 g/mol. The van der Waals surface area contributed by atoms with E-state index in [1.54, 1.807) is 14.2 Å². The number of piperidine rings is 1. The maximum absolute atomic E-state index is 13.8. The van der Waals surface area contributed by atoms with Crippen LogP contribution in [0.4, 0.5) is 0 Å². The van der Waals surface area contributed by atoms with Gasteiger partial charge in [0.25, 0.3) is 0 Å². The van der Waals surface area contributed by atoms with Gasteiger partial charge in [0.15, 0.2) is 17.3 Å². The molecule has 1 saturated carbocycles. The first kappa shape index (κ1) is 18.8. The van der Waals surface area contributed by atoms with Crippen LogP contribution in [0.2, 0.25) is 0 Å². The van der Waals surface area contributed by atoms with Crippen molar-refractivity contribution in [3.05, 3.63) is 36.0 Å². The van der Waals surface area contributed by atoms with E-state index in [4.69, 9.17) is 14.0 Å². The van der Waals surface area contributed by atoms with Crippen molar-refractivity contribution >= 4 is 5.91 Å². The minimum Gasteiger partial charge on any atom is -0.493 e. The van der Waals surface area contributed by atoms with Gasteiger partial charge in [-0.05, 0) is 43.4 Å². The van der Waals surface area contributed by atoms with Crippen molar-refractivity contribution in [2.75, 3.05) is 27.3 Å². The van der Waals surface area contributed by atoms with Crippen molar-refractivity contribution in [3.63, 3.8) is 0 Å². The second kappa shape index (κ2) is 7.81. The van der Waals surface area contributed by atoms with Gasteiger partial charge in [-0.15, -0.1) is 0 Å². The van der Waals surface area contributed by atoms with Crippen LogP contribution in [0.3, 0.4) is 0 Å². The molecule has 1 atom stereocenters. The Labute approximate surface area is 165 Å². The molecule has 28 heavy (non-hydrogen) atoms. The van der Waals surface area contributed by atoms with E-state index in [0.717, 1.165) is 50.6 Å². The number of carbonyl (C=O) groups excluding carboxylic acids is 1. The third-order valence-electron chi connectivity index (χ3n) is 6.25. The van der Waals surface area contributed by atoms with E-state index in [0.29, 0.717) is 23.9 Å². The molecule has 2 aromatic rings. The molecule has 0 radical (unpaired) electrons. The quantitative estimate of drug-likeness (QED) is 0.786. The van der Waals surface area contributed by atoms with Gasteiger partial charge in [0.1, 0.15) is 0 Å². The van der Waals surface area contributed by atoms with Gasteiger partial charge in [0.05, 0.1) is 19.6 Å². The van der Waals surface area contributed by atoms with Crippen LogP contribution >= 0.6 is 0 Å². The maximum Gasteiger partial charge on any atom is 0.233 e. The average molecular weight is 385 g/mol. The van der Waals surface area contributed by atoms with Crippen molar-refractivity contribution in [1.82, 2.24) is 15.0 Å². The Kier molecular flexibility index (Phi) is 5.24. The highest BCUT2D eigenvalue weighted by Gasteiger charge is 2.46. The molecule has 7 heteroatoms. The highest BCUT2D eigenvalue weighted by atomic mass is 16.5. The number of aromatic nitrogens is 2. The van der Waals surface area contributed by atoms with Gasteiger partial charge in [-0.2, -0.15) is 4.98 Å². The lowest BCUT2D eigenvalue weighted by Crippen LogP contribution is -2.49.